The zero-order valence-corrected chi connectivity index (χ0v) is 16.7. The molecule has 6 nitrogen and oxygen atoms in total. The fraction of sp³-hybridized carbons (Fsp3) is 0.500. The van der Waals surface area contributed by atoms with Crippen LogP contribution in [-0.4, -0.2) is 57.5 Å². The third kappa shape index (κ3) is 3.40. The van der Waals surface area contributed by atoms with E-state index in [0.29, 0.717) is 22.8 Å². The van der Waals surface area contributed by atoms with E-state index in [1.807, 2.05) is 29.2 Å². The van der Waals surface area contributed by atoms with Gasteiger partial charge in [-0.2, -0.15) is 0 Å². The van der Waals surface area contributed by atoms with Crippen molar-refractivity contribution in [1.82, 2.24) is 9.80 Å². The van der Waals surface area contributed by atoms with E-state index in [-0.39, 0.29) is 17.6 Å². The van der Waals surface area contributed by atoms with Crippen LogP contribution in [0.15, 0.2) is 34.3 Å². The minimum absolute atomic E-state index is 0.0848. The molecule has 1 aromatic carbocycles. The van der Waals surface area contributed by atoms with Crippen LogP contribution in [0.3, 0.4) is 0 Å². The van der Waals surface area contributed by atoms with Gasteiger partial charge >= 0.3 is 0 Å². The van der Waals surface area contributed by atoms with Gasteiger partial charge in [0.25, 0.3) is 5.91 Å². The molecule has 3 aliphatic rings. The third-order valence-electron chi connectivity index (χ3n) is 5.20. The molecule has 0 saturated carbocycles. The van der Waals surface area contributed by atoms with E-state index in [4.69, 9.17) is 0 Å². The molecule has 0 N–H and O–H groups in total. The van der Waals surface area contributed by atoms with Gasteiger partial charge < -0.3 is 4.90 Å². The van der Waals surface area contributed by atoms with Gasteiger partial charge in [0.15, 0.2) is 5.17 Å². The predicted octanol–water partition coefficient (Wildman–Crippen LogP) is 2.90. The zero-order valence-electron chi connectivity index (χ0n) is 15.9. The van der Waals surface area contributed by atoms with Gasteiger partial charge in [-0.3, -0.25) is 14.6 Å². The molecule has 1 fully saturated rings. The smallest absolute Gasteiger partial charge is 0.258 e. The Kier molecular flexibility index (Phi) is 4.80. The molecule has 7 heteroatoms. The van der Waals surface area contributed by atoms with Gasteiger partial charge in [-0.25, -0.2) is 9.89 Å². The number of fused-ring (bicyclic) bond motifs is 3. The lowest BCUT2D eigenvalue weighted by molar-refractivity contribution is -0.131. The van der Waals surface area contributed by atoms with Gasteiger partial charge in [0.2, 0.25) is 5.91 Å². The Bertz CT molecular complexity index is 840. The summed E-state index contributed by atoms with van der Waals surface area (Å²) in [6, 6.07) is 7.26. The maximum Gasteiger partial charge on any atom is 0.258 e. The lowest BCUT2D eigenvalue weighted by Gasteiger charge is -2.35. The van der Waals surface area contributed by atoms with E-state index in [2.05, 4.69) is 23.8 Å². The standard InChI is InChI=1S/C20H24N4O2S/c1-12-8-13(2)10-23(9-12)17(25)11-27-20-22-16-7-5-4-6-15(16)18-21-14(3)19(26)24(18)20/h4-7,12-14H,8-11H2,1-3H3/t12-,13-,14-/m1/s1. The highest BCUT2D eigenvalue weighted by Gasteiger charge is 2.39. The topological polar surface area (TPSA) is 65.3 Å². The van der Waals surface area contributed by atoms with E-state index in [0.717, 1.165) is 24.3 Å². The molecule has 4 rings (SSSR count). The molecule has 3 atom stereocenters. The summed E-state index contributed by atoms with van der Waals surface area (Å²) in [6.45, 7) is 7.80. The first kappa shape index (κ1) is 18.2. The van der Waals surface area contributed by atoms with Crippen LogP contribution in [0.5, 0.6) is 0 Å². The van der Waals surface area contributed by atoms with Crippen LogP contribution >= 0.6 is 11.8 Å². The van der Waals surface area contributed by atoms with Gasteiger partial charge in [0, 0.05) is 18.7 Å². The molecular weight excluding hydrogens is 360 g/mol. The van der Waals surface area contributed by atoms with Crippen molar-refractivity contribution >= 4 is 40.3 Å². The van der Waals surface area contributed by atoms with Crippen molar-refractivity contribution in [3.63, 3.8) is 0 Å². The Balaban J connectivity index is 1.53. The fourth-order valence-electron chi connectivity index (χ4n) is 4.06. The van der Waals surface area contributed by atoms with Crippen molar-refractivity contribution < 1.29 is 9.59 Å². The number of para-hydroxylation sites is 1. The van der Waals surface area contributed by atoms with Crippen LogP contribution in [0, 0.1) is 11.8 Å². The number of hydrogen-bond acceptors (Lipinski definition) is 5. The summed E-state index contributed by atoms with van der Waals surface area (Å²) in [7, 11) is 0. The molecule has 0 bridgehead atoms. The number of carbonyl (C=O) groups excluding carboxylic acids is 2. The molecule has 0 radical (unpaired) electrons. The van der Waals surface area contributed by atoms with E-state index < -0.39 is 6.04 Å². The number of carbonyl (C=O) groups is 2. The second-order valence-electron chi connectivity index (χ2n) is 7.75. The monoisotopic (exact) mass is 384 g/mol. The summed E-state index contributed by atoms with van der Waals surface area (Å²) in [5.41, 5.74) is 1.66. The fourth-order valence-corrected chi connectivity index (χ4v) is 4.96. The lowest BCUT2D eigenvalue weighted by atomic mass is 9.92. The first-order valence-electron chi connectivity index (χ1n) is 9.44. The molecule has 27 heavy (non-hydrogen) atoms. The molecule has 0 aromatic heterocycles. The number of piperidine rings is 1. The molecule has 3 heterocycles. The second kappa shape index (κ2) is 7.11. The number of amidine groups is 2. The van der Waals surface area contributed by atoms with Crippen molar-refractivity contribution in [3.05, 3.63) is 29.8 Å². The molecule has 0 aliphatic carbocycles. The average molecular weight is 385 g/mol. The summed E-state index contributed by atoms with van der Waals surface area (Å²) < 4.78 is 0. The number of nitrogens with zero attached hydrogens (tertiary/aromatic N) is 4. The SMILES string of the molecule is C[C@@H]1C[C@@H](C)CN(C(=O)CSC2=Nc3ccccc3C3=N[C@H](C)C(=O)N23)C1. The normalized spacial score (nSPS) is 27.1. The second-order valence-corrected chi connectivity index (χ2v) is 8.69. The highest BCUT2D eigenvalue weighted by atomic mass is 32.2. The first-order valence-corrected chi connectivity index (χ1v) is 10.4. The van der Waals surface area contributed by atoms with E-state index in [9.17, 15) is 9.59 Å². The summed E-state index contributed by atoms with van der Waals surface area (Å²) >= 11 is 1.33. The highest BCUT2D eigenvalue weighted by Crippen LogP contribution is 2.33. The molecule has 2 amide bonds. The summed E-state index contributed by atoms with van der Waals surface area (Å²) in [6.07, 6.45) is 1.17. The predicted molar refractivity (Wildman–Crippen MR) is 108 cm³/mol. The van der Waals surface area contributed by atoms with Crippen molar-refractivity contribution in [2.75, 3.05) is 18.8 Å². The van der Waals surface area contributed by atoms with Crippen LogP contribution in [0.25, 0.3) is 0 Å². The number of rotatable bonds is 2. The molecular formula is C20H24N4O2S. The first-order chi connectivity index (χ1) is 12.9. The van der Waals surface area contributed by atoms with Crippen LogP contribution in [0.2, 0.25) is 0 Å². The molecule has 0 spiro atoms. The molecule has 142 valence electrons. The van der Waals surface area contributed by atoms with E-state index >= 15 is 0 Å². The Labute approximate surface area is 163 Å². The maximum absolute atomic E-state index is 12.7. The van der Waals surface area contributed by atoms with Crippen LogP contribution in [0.4, 0.5) is 5.69 Å². The number of aliphatic imine (C=N–C) groups is 2. The largest absolute Gasteiger partial charge is 0.341 e. The average Bonchev–Trinajstić information content (AvgIpc) is 2.94. The van der Waals surface area contributed by atoms with E-state index in [1.165, 1.54) is 18.2 Å². The molecule has 3 aliphatic heterocycles. The maximum atomic E-state index is 12.7. The van der Waals surface area contributed by atoms with E-state index in [1.54, 1.807) is 11.8 Å². The van der Waals surface area contributed by atoms with Gasteiger partial charge in [0.1, 0.15) is 11.9 Å². The molecule has 1 aromatic rings. The van der Waals surface area contributed by atoms with Crippen molar-refractivity contribution in [2.24, 2.45) is 21.8 Å². The minimum Gasteiger partial charge on any atom is -0.341 e. The highest BCUT2D eigenvalue weighted by molar-refractivity contribution is 8.14. The van der Waals surface area contributed by atoms with Crippen LogP contribution < -0.4 is 0 Å². The Hall–Kier alpha value is -2.15. The third-order valence-corrected chi connectivity index (χ3v) is 6.13. The van der Waals surface area contributed by atoms with Gasteiger partial charge in [-0.15, -0.1) is 0 Å². The summed E-state index contributed by atoms with van der Waals surface area (Å²) in [5.74, 6) is 2.01. The van der Waals surface area contributed by atoms with Gasteiger partial charge in [-0.05, 0) is 37.3 Å². The molecule has 0 unspecified atom stereocenters. The van der Waals surface area contributed by atoms with Crippen LogP contribution in [0.1, 0.15) is 32.8 Å². The number of amides is 2. The van der Waals surface area contributed by atoms with Crippen LogP contribution in [-0.2, 0) is 9.59 Å². The van der Waals surface area contributed by atoms with Crippen molar-refractivity contribution in [1.29, 1.82) is 0 Å². The number of likely N-dealkylation sites (tertiary alicyclic amines) is 1. The number of hydrogen-bond donors (Lipinski definition) is 0. The zero-order chi connectivity index (χ0) is 19.1. The Morgan fingerprint density at radius 1 is 1.19 bits per heavy atom. The molecule has 1 saturated heterocycles. The number of benzene rings is 1. The lowest BCUT2D eigenvalue weighted by Crippen LogP contribution is -2.44. The van der Waals surface area contributed by atoms with Crippen molar-refractivity contribution in [3.8, 4) is 0 Å². The summed E-state index contributed by atoms with van der Waals surface area (Å²) in [4.78, 5) is 38.0. The van der Waals surface area contributed by atoms with Gasteiger partial charge in [0.05, 0.1) is 11.4 Å². The quantitative estimate of drug-likeness (QED) is 0.787. The Morgan fingerprint density at radius 3 is 2.63 bits per heavy atom. The Morgan fingerprint density at radius 2 is 1.89 bits per heavy atom. The van der Waals surface area contributed by atoms with Crippen molar-refractivity contribution in [2.45, 2.75) is 33.2 Å². The number of thioether (sulfide) groups is 1. The summed E-state index contributed by atoms with van der Waals surface area (Å²) in [5, 5.41) is 0.549. The van der Waals surface area contributed by atoms with Gasteiger partial charge in [-0.1, -0.05) is 37.7 Å². The minimum atomic E-state index is -0.420.